The predicted molar refractivity (Wildman–Crippen MR) is 85.3 cm³/mol. The summed E-state index contributed by atoms with van der Waals surface area (Å²) in [6.07, 6.45) is 2.22. The summed E-state index contributed by atoms with van der Waals surface area (Å²) in [5, 5.41) is 16.2. The van der Waals surface area contributed by atoms with E-state index in [0.717, 1.165) is 23.5 Å². The molecule has 2 atom stereocenters. The second-order valence-electron chi connectivity index (χ2n) is 7.42. The largest absolute Gasteiger partial charge is 0.389 e. The lowest BCUT2D eigenvalue weighted by atomic mass is 9.93. The van der Waals surface area contributed by atoms with Gasteiger partial charge < -0.3 is 10.4 Å². The van der Waals surface area contributed by atoms with E-state index in [-0.39, 0.29) is 29.7 Å². The van der Waals surface area contributed by atoms with Crippen LogP contribution in [0.25, 0.3) is 0 Å². The van der Waals surface area contributed by atoms with E-state index in [1.54, 1.807) is 18.3 Å². The van der Waals surface area contributed by atoms with Crippen molar-refractivity contribution >= 4 is 17.2 Å². The van der Waals surface area contributed by atoms with Crippen LogP contribution in [0.5, 0.6) is 0 Å². The average molecular weight is 310 g/mol. The summed E-state index contributed by atoms with van der Waals surface area (Å²) < 4.78 is 0. The molecule has 1 aromatic rings. The number of hydrogen-bond donors (Lipinski definition) is 2. The quantitative estimate of drug-likeness (QED) is 0.878. The molecule has 2 unspecified atom stereocenters. The molecule has 0 spiro atoms. The van der Waals surface area contributed by atoms with Crippen LogP contribution in [0.4, 0.5) is 0 Å². The molecule has 1 aromatic heterocycles. The lowest BCUT2D eigenvalue weighted by Gasteiger charge is -2.23. The highest BCUT2D eigenvalue weighted by atomic mass is 32.1. The van der Waals surface area contributed by atoms with Crippen molar-refractivity contribution in [2.24, 2.45) is 5.92 Å². The zero-order valence-corrected chi connectivity index (χ0v) is 14.4. The topological polar surface area (TPSA) is 62.2 Å². The Hall–Kier alpha value is -0.940. The molecule has 2 rings (SSSR count). The third-order valence-corrected chi connectivity index (χ3v) is 5.04. The lowest BCUT2D eigenvalue weighted by Crippen LogP contribution is -2.37. The van der Waals surface area contributed by atoms with E-state index in [1.807, 2.05) is 6.92 Å². The highest BCUT2D eigenvalue weighted by Crippen LogP contribution is 2.41. The Morgan fingerprint density at radius 3 is 2.57 bits per heavy atom. The summed E-state index contributed by atoms with van der Waals surface area (Å²) in [6, 6.07) is -0.117. The molecule has 1 aliphatic rings. The molecule has 4 nitrogen and oxygen atoms in total. The van der Waals surface area contributed by atoms with Crippen molar-refractivity contribution in [1.29, 1.82) is 0 Å². The molecular formula is C16H26N2O2S. The van der Waals surface area contributed by atoms with Crippen molar-refractivity contribution in [3.63, 3.8) is 0 Å². The van der Waals surface area contributed by atoms with Gasteiger partial charge >= 0.3 is 0 Å². The molecule has 0 aromatic carbocycles. The van der Waals surface area contributed by atoms with Gasteiger partial charge in [0.1, 0.15) is 5.01 Å². The second-order valence-corrected chi connectivity index (χ2v) is 8.31. The molecule has 0 aliphatic heterocycles. The van der Waals surface area contributed by atoms with E-state index >= 15 is 0 Å². The first-order valence-corrected chi connectivity index (χ1v) is 8.45. The van der Waals surface area contributed by atoms with Crippen molar-refractivity contribution < 1.29 is 9.90 Å². The van der Waals surface area contributed by atoms with Gasteiger partial charge in [-0.2, -0.15) is 0 Å². The monoisotopic (exact) mass is 310 g/mol. The molecule has 0 radical (unpaired) electrons. The van der Waals surface area contributed by atoms with Crippen LogP contribution in [0.1, 0.15) is 70.6 Å². The molecule has 1 saturated carbocycles. The maximum absolute atomic E-state index is 12.1. The van der Waals surface area contributed by atoms with Crippen molar-refractivity contribution in [1.82, 2.24) is 10.3 Å². The normalized spacial score (nSPS) is 19.9. The average Bonchev–Trinajstić information content (AvgIpc) is 3.04. The number of aliphatic hydroxyl groups is 1. The molecule has 1 fully saturated rings. The first-order valence-electron chi connectivity index (χ1n) is 7.57. The molecule has 21 heavy (non-hydrogen) atoms. The lowest BCUT2D eigenvalue weighted by molar-refractivity contribution is -0.126. The first-order chi connectivity index (χ1) is 9.59. The van der Waals surface area contributed by atoms with Gasteiger partial charge in [-0.3, -0.25) is 4.79 Å². The predicted octanol–water partition coefficient (Wildman–Crippen LogP) is 3.17. The Kier molecular flexibility index (Phi) is 4.45. The van der Waals surface area contributed by atoms with Gasteiger partial charge in [0, 0.05) is 10.8 Å². The van der Waals surface area contributed by atoms with Gasteiger partial charge in [-0.15, -0.1) is 11.3 Å². The molecule has 5 heteroatoms. The van der Waals surface area contributed by atoms with Gasteiger partial charge in [0.25, 0.3) is 0 Å². The fourth-order valence-electron chi connectivity index (χ4n) is 2.36. The number of carbonyl (C=O) groups excluding carboxylic acids is 1. The molecule has 1 heterocycles. The highest BCUT2D eigenvalue weighted by Gasteiger charge is 2.41. The third kappa shape index (κ3) is 4.27. The third-order valence-electron chi connectivity index (χ3n) is 4.01. The van der Waals surface area contributed by atoms with Crippen molar-refractivity contribution in [3.05, 3.63) is 16.1 Å². The van der Waals surface area contributed by atoms with E-state index in [9.17, 15) is 9.90 Å². The molecule has 118 valence electrons. The number of amides is 1. The molecule has 0 saturated heterocycles. The Balaban J connectivity index is 1.93. The van der Waals surface area contributed by atoms with Crippen molar-refractivity contribution in [3.8, 4) is 0 Å². The summed E-state index contributed by atoms with van der Waals surface area (Å²) in [5.41, 5.74) is 0.200. The van der Waals surface area contributed by atoms with E-state index in [0.29, 0.717) is 0 Å². The maximum Gasteiger partial charge on any atom is 0.223 e. The summed E-state index contributed by atoms with van der Waals surface area (Å²) in [6.45, 7) is 10.1. The summed E-state index contributed by atoms with van der Waals surface area (Å²) >= 11 is 1.57. The minimum Gasteiger partial charge on any atom is -0.389 e. The maximum atomic E-state index is 12.1. The smallest absolute Gasteiger partial charge is 0.223 e. The van der Waals surface area contributed by atoms with E-state index in [2.05, 4.69) is 36.5 Å². The van der Waals surface area contributed by atoms with E-state index in [4.69, 9.17) is 0 Å². The van der Waals surface area contributed by atoms with Gasteiger partial charge in [0.15, 0.2) is 0 Å². The van der Waals surface area contributed by atoms with Crippen molar-refractivity contribution in [2.75, 3.05) is 0 Å². The van der Waals surface area contributed by atoms with Crippen LogP contribution in [0.15, 0.2) is 5.38 Å². The van der Waals surface area contributed by atoms with Gasteiger partial charge in [-0.25, -0.2) is 4.98 Å². The van der Waals surface area contributed by atoms with Gasteiger partial charge in [0.05, 0.1) is 23.8 Å². The van der Waals surface area contributed by atoms with Crippen LogP contribution >= 0.6 is 11.3 Å². The Morgan fingerprint density at radius 2 is 2.10 bits per heavy atom. The second kappa shape index (κ2) is 5.69. The zero-order valence-electron chi connectivity index (χ0n) is 13.6. The number of nitrogens with zero attached hydrogens (tertiary/aromatic N) is 1. The first kappa shape index (κ1) is 16.4. The number of hydrogen-bond acceptors (Lipinski definition) is 4. The SMILES string of the molecule is CC(NC(=O)CC(C)(O)C1CC1)c1nc(C(C)(C)C)cs1. The van der Waals surface area contributed by atoms with Crippen LogP contribution in [0.2, 0.25) is 0 Å². The standard InChI is InChI=1S/C16H26N2O2S/c1-10(14-18-12(9-21-14)15(2,3)4)17-13(19)8-16(5,20)11-6-7-11/h9-11,20H,6-8H2,1-5H3,(H,17,19). The fourth-order valence-corrected chi connectivity index (χ4v) is 3.41. The van der Waals surface area contributed by atoms with Crippen LogP contribution in [0, 0.1) is 5.92 Å². The molecular weight excluding hydrogens is 284 g/mol. The van der Waals surface area contributed by atoms with Gasteiger partial charge in [-0.05, 0) is 32.6 Å². The number of aromatic nitrogens is 1. The Labute approximate surface area is 131 Å². The van der Waals surface area contributed by atoms with Crippen LogP contribution in [0.3, 0.4) is 0 Å². The van der Waals surface area contributed by atoms with Gasteiger partial charge in [0.2, 0.25) is 5.91 Å². The highest BCUT2D eigenvalue weighted by molar-refractivity contribution is 7.09. The molecule has 1 amide bonds. The fraction of sp³-hybridized carbons (Fsp3) is 0.750. The zero-order chi connectivity index (χ0) is 15.8. The van der Waals surface area contributed by atoms with Gasteiger partial charge in [-0.1, -0.05) is 20.8 Å². The summed E-state index contributed by atoms with van der Waals surface area (Å²) in [5.74, 6) is 0.179. The van der Waals surface area contributed by atoms with Crippen molar-refractivity contribution in [2.45, 2.75) is 70.9 Å². The van der Waals surface area contributed by atoms with Crippen LogP contribution < -0.4 is 5.32 Å². The minimum atomic E-state index is -0.872. The van der Waals surface area contributed by atoms with Crippen LogP contribution in [-0.4, -0.2) is 21.6 Å². The molecule has 2 N–H and O–H groups in total. The summed E-state index contributed by atoms with van der Waals surface area (Å²) in [7, 11) is 0. The minimum absolute atomic E-state index is 0.0219. The molecule has 1 aliphatic carbocycles. The summed E-state index contributed by atoms with van der Waals surface area (Å²) in [4.78, 5) is 16.7. The number of nitrogens with one attached hydrogen (secondary N) is 1. The Morgan fingerprint density at radius 1 is 1.48 bits per heavy atom. The number of carbonyl (C=O) groups is 1. The van der Waals surface area contributed by atoms with Crippen LogP contribution in [-0.2, 0) is 10.2 Å². The number of thiazole rings is 1. The number of rotatable bonds is 5. The Bertz CT molecular complexity index is 513. The van der Waals surface area contributed by atoms with E-state index < -0.39 is 5.60 Å². The molecule has 0 bridgehead atoms. The van der Waals surface area contributed by atoms with E-state index in [1.165, 1.54) is 0 Å².